The normalized spacial score (nSPS) is 11.8. The van der Waals surface area contributed by atoms with Gasteiger partial charge in [-0.3, -0.25) is 4.79 Å². The summed E-state index contributed by atoms with van der Waals surface area (Å²) >= 11 is 6.11. The van der Waals surface area contributed by atoms with Crippen LogP contribution in [0.4, 0.5) is 5.69 Å². The molecule has 0 unspecified atom stereocenters. The first-order chi connectivity index (χ1) is 12.6. The molecule has 3 nitrogen and oxygen atoms in total. The molecule has 0 spiro atoms. The summed E-state index contributed by atoms with van der Waals surface area (Å²) in [6.45, 7) is 2.07. The molecule has 0 saturated heterocycles. The van der Waals surface area contributed by atoms with E-state index in [1.807, 2.05) is 42.5 Å². The number of aliphatic hydroxyl groups is 1. The summed E-state index contributed by atoms with van der Waals surface area (Å²) < 4.78 is 0. The Morgan fingerprint density at radius 1 is 1.04 bits per heavy atom. The average Bonchev–Trinajstić information content (AvgIpc) is 2.69. The number of nitrogens with one attached hydrogen (secondary N) is 1. The molecule has 0 radical (unpaired) electrons. The number of hydrogen-bond acceptors (Lipinski definition) is 2. The van der Waals surface area contributed by atoms with Gasteiger partial charge in [-0.1, -0.05) is 61.0 Å². The third-order valence-electron chi connectivity index (χ3n) is 4.30. The highest BCUT2D eigenvalue weighted by Crippen LogP contribution is 2.31. The zero-order valence-electron chi connectivity index (χ0n) is 14.4. The minimum atomic E-state index is -0.882. The summed E-state index contributed by atoms with van der Waals surface area (Å²) in [6.07, 6.45) is 0.0413. The van der Waals surface area contributed by atoms with Gasteiger partial charge in [0.05, 0.1) is 0 Å². The lowest BCUT2D eigenvalue weighted by Gasteiger charge is -2.17. The molecule has 26 heavy (non-hydrogen) atoms. The fraction of sp³-hybridized carbons (Fsp3) is 0.136. The van der Waals surface area contributed by atoms with E-state index in [-0.39, 0.29) is 5.91 Å². The van der Waals surface area contributed by atoms with E-state index < -0.39 is 6.10 Å². The summed E-state index contributed by atoms with van der Waals surface area (Å²) in [4.78, 5) is 12.6. The van der Waals surface area contributed by atoms with Gasteiger partial charge in [-0.2, -0.15) is 0 Å². The molecule has 0 saturated carbocycles. The van der Waals surface area contributed by atoms with E-state index >= 15 is 0 Å². The van der Waals surface area contributed by atoms with Gasteiger partial charge < -0.3 is 10.4 Å². The fourth-order valence-electron chi connectivity index (χ4n) is 2.77. The largest absolute Gasteiger partial charge is 0.384 e. The van der Waals surface area contributed by atoms with E-state index in [9.17, 15) is 9.90 Å². The second-order valence-electron chi connectivity index (χ2n) is 6.05. The van der Waals surface area contributed by atoms with Crippen molar-refractivity contribution in [3.8, 4) is 0 Å². The Hall–Kier alpha value is -2.62. The van der Waals surface area contributed by atoms with Crippen LogP contribution in [0.25, 0.3) is 0 Å². The number of carbonyl (C=O) groups is 1. The number of hydrogen-bond donors (Lipinski definition) is 2. The summed E-state index contributed by atoms with van der Waals surface area (Å²) in [5, 5.41) is 14.1. The van der Waals surface area contributed by atoms with Crippen LogP contribution in [-0.2, 0) is 6.42 Å². The first kappa shape index (κ1) is 18.2. The molecular weight excluding hydrogens is 346 g/mol. The monoisotopic (exact) mass is 365 g/mol. The number of halogens is 1. The van der Waals surface area contributed by atoms with Crippen molar-refractivity contribution < 1.29 is 9.90 Å². The zero-order valence-corrected chi connectivity index (χ0v) is 15.2. The summed E-state index contributed by atoms with van der Waals surface area (Å²) in [7, 11) is 0. The van der Waals surface area contributed by atoms with E-state index in [1.54, 1.807) is 30.3 Å². The first-order valence-electron chi connectivity index (χ1n) is 8.51. The Labute approximate surface area is 158 Å². The molecule has 0 aliphatic heterocycles. The SMILES string of the molecule is CCc1ccc(C(=O)Nc2ccc(Cl)cc2[C@@H](O)c2ccccc2)cc1. The maximum atomic E-state index is 12.6. The Kier molecular flexibility index (Phi) is 5.71. The lowest BCUT2D eigenvalue weighted by Crippen LogP contribution is -2.14. The van der Waals surface area contributed by atoms with Gasteiger partial charge >= 0.3 is 0 Å². The molecule has 0 aromatic heterocycles. The standard InChI is InChI=1S/C22H20ClNO2/c1-2-15-8-10-17(11-9-15)22(26)24-20-13-12-18(23)14-19(20)21(25)16-6-4-3-5-7-16/h3-14,21,25H,2H2,1H3,(H,24,26)/t21-/m0/s1. The Morgan fingerprint density at radius 2 is 1.73 bits per heavy atom. The predicted molar refractivity (Wildman–Crippen MR) is 106 cm³/mol. The van der Waals surface area contributed by atoms with Gasteiger partial charge in [0.25, 0.3) is 5.91 Å². The van der Waals surface area contributed by atoms with Crippen LogP contribution >= 0.6 is 11.6 Å². The molecule has 3 aromatic rings. The van der Waals surface area contributed by atoms with Crippen molar-refractivity contribution in [2.24, 2.45) is 0 Å². The van der Waals surface area contributed by atoms with Crippen LogP contribution in [0.1, 0.15) is 40.1 Å². The van der Waals surface area contributed by atoms with Crippen LogP contribution in [-0.4, -0.2) is 11.0 Å². The lowest BCUT2D eigenvalue weighted by atomic mass is 9.99. The third-order valence-corrected chi connectivity index (χ3v) is 4.53. The molecule has 2 N–H and O–H groups in total. The van der Waals surface area contributed by atoms with Crippen LogP contribution in [0.5, 0.6) is 0 Å². The number of carbonyl (C=O) groups excluding carboxylic acids is 1. The number of rotatable bonds is 5. The third kappa shape index (κ3) is 4.13. The van der Waals surface area contributed by atoms with E-state index in [0.29, 0.717) is 21.8 Å². The molecule has 3 rings (SSSR count). The van der Waals surface area contributed by atoms with Crippen LogP contribution in [0.2, 0.25) is 5.02 Å². The lowest BCUT2D eigenvalue weighted by molar-refractivity contribution is 0.102. The van der Waals surface area contributed by atoms with Gasteiger partial charge in [0.1, 0.15) is 6.10 Å². The molecule has 0 aliphatic rings. The van der Waals surface area contributed by atoms with Gasteiger partial charge in [-0.15, -0.1) is 0 Å². The summed E-state index contributed by atoms with van der Waals surface area (Å²) in [6, 6.07) is 21.8. The van der Waals surface area contributed by atoms with Crippen molar-refractivity contribution in [3.05, 3.63) is 100 Å². The molecule has 132 valence electrons. The highest BCUT2D eigenvalue weighted by Gasteiger charge is 2.17. The maximum Gasteiger partial charge on any atom is 0.255 e. The van der Waals surface area contributed by atoms with E-state index in [1.165, 1.54) is 5.56 Å². The molecular formula is C22H20ClNO2. The second-order valence-corrected chi connectivity index (χ2v) is 6.49. The van der Waals surface area contributed by atoms with Gasteiger partial charge in [-0.25, -0.2) is 0 Å². The minimum absolute atomic E-state index is 0.225. The van der Waals surface area contributed by atoms with Crippen LogP contribution in [0, 0.1) is 0 Å². The zero-order chi connectivity index (χ0) is 18.5. The van der Waals surface area contributed by atoms with E-state index in [0.717, 1.165) is 12.0 Å². The molecule has 4 heteroatoms. The molecule has 3 aromatic carbocycles. The van der Waals surface area contributed by atoms with Gasteiger partial charge in [-0.05, 0) is 47.9 Å². The van der Waals surface area contributed by atoms with E-state index in [4.69, 9.17) is 11.6 Å². The molecule has 0 bridgehead atoms. The van der Waals surface area contributed by atoms with E-state index in [2.05, 4.69) is 12.2 Å². The Bertz CT molecular complexity index is 892. The van der Waals surface area contributed by atoms with Gasteiger partial charge in [0.2, 0.25) is 0 Å². The van der Waals surface area contributed by atoms with Crippen molar-refractivity contribution in [2.75, 3.05) is 5.32 Å². The Balaban J connectivity index is 1.89. The van der Waals surface area contributed by atoms with Crippen molar-refractivity contribution in [3.63, 3.8) is 0 Å². The van der Waals surface area contributed by atoms with Crippen LogP contribution < -0.4 is 5.32 Å². The number of amides is 1. The van der Waals surface area contributed by atoms with Crippen molar-refractivity contribution >= 4 is 23.2 Å². The number of aliphatic hydroxyl groups excluding tert-OH is 1. The number of anilines is 1. The average molecular weight is 366 g/mol. The molecule has 0 heterocycles. The molecule has 0 fully saturated rings. The molecule has 1 atom stereocenters. The molecule has 1 amide bonds. The van der Waals surface area contributed by atoms with Crippen LogP contribution in [0.3, 0.4) is 0 Å². The van der Waals surface area contributed by atoms with Crippen molar-refractivity contribution in [1.29, 1.82) is 0 Å². The van der Waals surface area contributed by atoms with Gasteiger partial charge in [0.15, 0.2) is 0 Å². The molecule has 0 aliphatic carbocycles. The van der Waals surface area contributed by atoms with Crippen molar-refractivity contribution in [1.82, 2.24) is 0 Å². The Morgan fingerprint density at radius 3 is 2.38 bits per heavy atom. The quantitative estimate of drug-likeness (QED) is 0.649. The topological polar surface area (TPSA) is 49.3 Å². The maximum absolute atomic E-state index is 12.6. The highest BCUT2D eigenvalue weighted by molar-refractivity contribution is 6.30. The number of aryl methyl sites for hydroxylation is 1. The fourth-order valence-corrected chi connectivity index (χ4v) is 2.96. The first-order valence-corrected chi connectivity index (χ1v) is 8.89. The summed E-state index contributed by atoms with van der Waals surface area (Å²) in [5.41, 5.74) is 3.57. The highest BCUT2D eigenvalue weighted by atomic mass is 35.5. The van der Waals surface area contributed by atoms with Crippen LogP contribution in [0.15, 0.2) is 72.8 Å². The second kappa shape index (κ2) is 8.17. The summed E-state index contributed by atoms with van der Waals surface area (Å²) in [5.74, 6) is -0.225. The van der Waals surface area contributed by atoms with Gasteiger partial charge in [0, 0.05) is 21.8 Å². The number of benzene rings is 3. The smallest absolute Gasteiger partial charge is 0.255 e. The minimum Gasteiger partial charge on any atom is -0.384 e. The van der Waals surface area contributed by atoms with Crippen molar-refractivity contribution in [2.45, 2.75) is 19.4 Å². The predicted octanol–water partition coefficient (Wildman–Crippen LogP) is 5.24.